The molecule has 61 heavy (non-hydrogen) atoms. The standard InChI is InChI=1S/C49H63FN2O8S/c1-6-27-58-49-44(52(47(55)56-7-2)33-34-19-21-36(50)22-20-34)32-42(51-60-48(3,4)5)40-30-35(15-11-13-25-53)39(18-12-14-26-54)45(46(40)49)41-31-37(23-24-43(41)59-49)57-28-29-61-38-16-9-8-10-17-38/h6,8-10,16-17,19-24,30-31,35,39,44-46,53-54H,1,7,11-15,18,25-29,32-33H2,2-5H3. The first-order valence-electron chi connectivity index (χ1n) is 21.8. The first-order valence-corrected chi connectivity index (χ1v) is 22.8. The molecule has 1 fully saturated rings. The summed E-state index contributed by atoms with van der Waals surface area (Å²) in [7, 11) is 0. The summed E-state index contributed by atoms with van der Waals surface area (Å²) in [4.78, 5) is 23.4. The van der Waals surface area contributed by atoms with Crippen LogP contribution in [-0.2, 0) is 20.9 Å². The predicted molar refractivity (Wildman–Crippen MR) is 237 cm³/mol. The Morgan fingerprint density at radius 3 is 2.46 bits per heavy atom. The van der Waals surface area contributed by atoms with E-state index in [0.29, 0.717) is 36.5 Å². The van der Waals surface area contributed by atoms with Gasteiger partial charge in [0.1, 0.15) is 29.0 Å². The number of halogens is 1. The summed E-state index contributed by atoms with van der Waals surface area (Å²) in [6.07, 6.45) is 8.23. The maximum Gasteiger partial charge on any atom is 0.410 e. The zero-order valence-electron chi connectivity index (χ0n) is 36.1. The second kappa shape index (κ2) is 21.6. The number of aliphatic hydroxyl groups is 2. The lowest BCUT2D eigenvalue weighted by atomic mass is 9.55. The lowest BCUT2D eigenvalue weighted by Crippen LogP contribution is -2.70. The van der Waals surface area contributed by atoms with E-state index in [4.69, 9.17) is 28.9 Å². The number of allylic oxidation sites excluding steroid dienone is 1. The van der Waals surface area contributed by atoms with E-state index in [0.717, 1.165) is 48.3 Å². The summed E-state index contributed by atoms with van der Waals surface area (Å²) < 4.78 is 40.8. The Morgan fingerprint density at radius 2 is 1.77 bits per heavy atom. The van der Waals surface area contributed by atoms with Crippen molar-refractivity contribution in [2.24, 2.45) is 22.9 Å². The summed E-state index contributed by atoms with van der Waals surface area (Å²) in [5.74, 6) is -0.323. The van der Waals surface area contributed by atoms with Crippen molar-refractivity contribution in [3.8, 4) is 11.5 Å². The number of carbonyl (C=O) groups is 1. The number of rotatable bonds is 21. The number of thioether (sulfide) groups is 1. The first-order chi connectivity index (χ1) is 29.5. The molecule has 2 N–H and O–H groups in total. The van der Waals surface area contributed by atoms with Gasteiger partial charge in [0.2, 0.25) is 5.79 Å². The molecule has 1 aliphatic heterocycles. The maximum absolute atomic E-state index is 14.4. The number of carbonyl (C=O) groups excluding carboxylic acids is 1. The topological polar surface area (TPSA) is 119 Å². The number of fused-ring (bicyclic) bond motifs is 2. The highest BCUT2D eigenvalue weighted by atomic mass is 32.2. The lowest BCUT2D eigenvalue weighted by Gasteiger charge is -2.60. The van der Waals surface area contributed by atoms with Gasteiger partial charge >= 0.3 is 6.09 Å². The number of unbranched alkanes of at least 4 members (excludes halogenated alkanes) is 2. The molecule has 6 unspecified atom stereocenters. The molecule has 330 valence electrons. The number of ether oxygens (including phenoxy) is 4. The Hall–Kier alpha value is -4.36. The molecule has 1 heterocycles. The Kier molecular flexibility index (Phi) is 16.4. The average Bonchev–Trinajstić information content (AvgIpc) is 3.25. The molecule has 0 bridgehead atoms. The van der Waals surface area contributed by atoms with Crippen molar-refractivity contribution in [3.63, 3.8) is 0 Å². The SMILES string of the molecule is C=CCOC12Oc3ccc(OCCSc4ccccc4)cc3C3C(CCCCO)C(CCCCO)C=C(C(=NOC(C)(C)C)CC1N(Cc1ccc(F)cc1)C(=O)OCC)C32. The van der Waals surface area contributed by atoms with Crippen molar-refractivity contribution in [2.45, 2.75) is 107 Å². The number of hydrogen-bond acceptors (Lipinski definition) is 10. The minimum absolute atomic E-state index is 0.0499. The number of aliphatic hydroxyl groups excluding tert-OH is 2. The molecule has 6 atom stereocenters. The normalized spacial score (nSPS) is 23.6. The van der Waals surface area contributed by atoms with Gasteiger partial charge in [-0.3, -0.25) is 4.90 Å². The van der Waals surface area contributed by atoms with E-state index >= 15 is 0 Å². The second-order valence-corrected chi connectivity index (χ2v) is 18.1. The summed E-state index contributed by atoms with van der Waals surface area (Å²) in [6, 6.07) is 21.5. The van der Waals surface area contributed by atoms with Gasteiger partial charge in [0.05, 0.1) is 31.5 Å². The van der Waals surface area contributed by atoms with Crippen LogP contribution in [0.3, 0.4) is 0 Å². The highest BCUT2D eigenvalue weighted by Gasteiger charge is 2.65. The number of nitrogens with zero attached hydrogens (tertiary/aromatic N) is 2. The quantitative estimate of drug-likeness (QED) is 0.0467. The third kappa shape index (κ3) is 11.4. The van der Waals surface area contributed by atoms with E-state index in [9.17, 15) is 19.4 Å². The molecule has 12 heteroatoms. The van der Waals surface area contributed by atoms with Gasteiger partial charge in [0.25, 0.3) is 0 Å². The van der Waals surface area contributed by atoms with Gasteiger partial charge in [-0.05, 0) is 119 Å². The molecule has 1 saturated carbocycles. The van der Waals surface area contributed by atoms with E-state index in [2.05, 4.69) is 30.9 Å². The smallest absolute Gasteiger partial charge is 0.410 e. The third-order valence-corrected chi connectivity index (χ3v) is 12.6. The monoisotopic (exact) mass is 858 g/mol. The van der Waals surface area contributed by atoms with Crippen LogP contribution in [0.5, 0.6) is 11.5 Å². The van der Waals surface area contributed by atoms with Crippen molar-refractivity contribution in [1.29, 1.82) is 0 Å². The van der Waals surface area contributed by atoms with Gasteiger partial charge < -0.3 is 34.0 Å². The fourth-order valence-electron chi connectivity index (χ4n) is 9.06. The molecule has 3 aromatic carbocycles. The van der Waals surface area contributed by atoms with Crippen LogP contribution in [0.2, 0.25) is 0 Å². The van der Waals surface area contributed by atoms with E-state index in [1.54, 1.807) is 41.8 Å². The number of benzene rings is 3. The van der Waals surface area contributed by atoms with E-state index in [1.807, 2.05) is 51.1 Å². The average molecular weight is 859 g/mol. The highest BCUT2D eigenvalue weighted by Crippen LogP contribution is 2.62. The number of hydrogen-bond donors (Lipinski definition) is 2. The molecule has 3 aliphatic rings. The van der Waals surface area contributed by atoms with Crippen LogP contribution < -0.4 is 9.47 Å². The van der Waals surface area contributed by atoms with Gasteiger partial charge in [-0.25, -0.2) is 9.18 Å². The molecule has 6 rings (SSSR count). The van der Waals surface area contributed by atoms with Crippen molar-refractivity contribution < 1.29 is 43.2 Å². The van der Waals surface area contributed by atoms with Crippen LogP contribution in [0.1, 0.15) is 89.7 Å². The number of amides is 1. The van der Waals surface area contributed by atoms with Crippen LogP contribution in [0, 0.1) is 23.6 Å². The Labute approximate surface area is 365 Å². The molecule has 0 aromatic heterocycles. The largest absolute Gasteiger partial charge is 0.493 e. The van der Waals surface area contributed by atoms with Gasteiger partial charge in [-0.1, -0.05) is 60.5 Å². The molecule has 10 nitrogen and oxygen atoms in total. The fourth-order valence-corrected chi connectivity index (χ4v) is 9.81. The summed E-state index contributed by atoms with van der Waals surface area (Å²) in [5, 5.41) is 24.8. The highest BCUT2D eigenvalue weighted by molar-refractivity contribution is 7.99. The number of oxime groups is 1. The minimum atomic E-state index is -1.47. The van der Waals surface area contributed by atoms with E-state index in [1.165, 1.54) is 17.0 Å². The lowest BCUT2D eigenvalue weighted by molar-refractivity contribution is -0.256. The third-order valence-electron chi connectivity index (χ3n) is 11.6. The summed E-state index contributed by atoms with van der Waals surface area (Å²) in [5.41, 5.74) is 2.67. The Balaban J connectivity index is 1.54. The molecular formula is C49H63FN2O8S. The fraction of sp³-hybridized carbons (Fsp3) is 0.510. The molecule has 3 aromatic rings. The van der Waals surface area contributed by atoms with Crippen LogP contribution in [0.25, 0.3) is 0 Å². The van der Waals surface area contributed by atoms with E-state index in [-0.39, 0.29) is 63.0 Å². The molecule has 0 spiro atoms. The second-order valence-electron chi connectivity index (χ2n) is 16.9. The van der Waals surface area contributed by atoms with Crippen molar-refractivity contribution in [1.82, 2.24) is 4.90 Å². The minimum Gasteiger partial charge on any atom is -0.493 e. The van der Waals surface area contributed by atoms with Crippen LogP contribution >= 0.6 is 11.8 Å². The molecule has 0 saturated heterocycles. The molecule has 0 radical (unpaired) electrons. The van der Waals surface area contributed by atoms with Crippen molar-refractivity contribution >= 4 is 23.6 Å². The zero-order valence-corrected chi connectivity index (χ0v) is 36.9. The van der Waals surface area contributed by atoms with Crippen molar-refractivity contribution in [2.75, 3.05) is 38.8 Å². The molecule has 1 amide bonds. The summed E-state index contributed by atoms with van der Waals surface area (Å²) >= 11 is 1.74. The zero-order chi connectivity index (χ0) is 43.4. The molecule has 2 aliphatic carbocycles. The van der Waals surface area contributed by atoms with Crippen LogP contribution in [0.4, 0.5) is 9.18 Å². The van der Waals surface area contributed by atoms with Gasteiger partial charge in [-0.15, -0.1) is 18.3 Å². The Bertz CT molecular complexity index is 1950. The van der Waals surface area contributed by atoms with E-state index < -0.39 is 29.4 Å². The Morgan fingerprint density at radius 1 is 1.03 bits per heavy atom. The predicted octanol–water partition coefficient (Wildman–Crippen LogP) is 10.1. The maximum atomic E-state index is 14.4. The van der Waals surface area contributed by atoms with Crippen LogP contribution in [-0.4, -0.2) is 83.1 Å². The van der Waals surface area contributed by atoms with Gasteiger partial charge in [0.15, 0.2) is 0 Å². The summed E-state index contributed by atoms with van der Waals surface area (Å²) in [6.45, 7) is 12.7. The van der Waals surface area contributed by atoms with Gasteiger partial charge in [-0.2, -0.15) is 0 Å². The first kappa shape index (κ1) is 46.2. The molecular weight excluding hydrogens is 796 g/mol. The van der Waals surface area contributed by atoms with Gasteiger partial charge in [0, 0.05) is 48.3 Å². The van der Waals surface area contributed by atoms with Crippen molar-refractivity contribution in [3.05, 3.63) is 114 Å². The van der Waals surface area contributed by atoms with Crippen LogP contribution in [0.15, 0.2) is 107 Å².